The summed E-state index contributed by atoms with van der Waals surface area (Å²) in [5, 5.41) is 3.50. The van der Waals surface area contributed by atoms with Gasteiger partial charge in [0.05, 0.1) is 16.6 Å². The highest BCUT2D eigenvalue weighted by atomic mass is 35.5. The zero-order chi connectivity index (χ0) is 19.1. The highest BCUT2D eigenvalue weighted by molar-refractivity contribution is 7.84. The van der Waals surface area contributed by atoms with Crippen LogP contribution in [0.15, 0.2) is 45.7 Å². The molecule has 1 N–H and O–H groups in total. The van der Waals surface area contributed by atoms with Crippen molar-refractivity contribution in [3.63, 3.8) is 0 Å². The average Bonchev–Trinajstić information content (AvgIpc) is 3.15. The second-order valence-corrected chi connectivity index (χ2v) is 8.61. The fourth-order valence-corrected chi connectivity index (χ4v) is 4.30. The number of halogens is 1. The van der Waals surface area contributed by atoms with E-state index in [2.05, 4.69) is 10.2 Å². The number of nitrogens with zero attached hydrogens (tertiary/aromatic N) is 1. The molecule has 1 aliphatic heterocycles. The lowest BCUT2D eigenvalue weighted by atomic mass is 10.1. The fraction of sp³-hybridized carbons (Fsp3) is 0.450. The van der Waals surface area contributed by atoms with E-state index in [0.29, 0.717) is 22.2 Å². The van der Waals surface area contributed by atoms with Gasteiger partial charge in [-0.25, -0.2) is 0 Å². The number of hydrogen-bond donors (Lipinski definition) is 1. The highest BCUT2D eigenvalue weighted by Gasteiger charge is 2.14. The van der Waals surface area contributed by atoms with Crippen molar-refractivity contribution >= 4 is 28.3 Å². The van der Waals surface area contributed by atoms with Crippen LogP contribution in [0.3, 0.4) is 0 Å². The zero-order valence-electron chi connectivity index (χ0n) is 15.3. The van der Waals surface area contributed by atoms with Crippen LogP contribution >= 0.6 is 11.6 Å². The third-order valence-electron chi connectivity index (χ3n) is 4.62. The SMILES string of the molecule is O=C(NCCCN1CCCCC1)c1ccc(C[S@@](=O)c2ccc(Cl)cc2)o1. The molecule has 0 saturated carbocycles. The molecule has 0 bridgehead atoms. The van der Waals surface area contributed by atoms with E-state index in [4.69, 9.17) is 16.0 Å². The summed E-state index contributed by atoms with van der Waals surface area (Å²) >= 11 is 5.85. The Hall–Kier alpha value is -1.63. The molecule has 7 heteroatoms. The maximum atomic E-state index is 12.4. The molecule has 5 nitrogen and oxygen atoms in total. The number of nitrogens with one attached hydrogen (secondary N) is 1. The molecule has 1 amide bonds. The van der Waals surface area contributed by atoms with Gasteiger partial charge >= 0.3 is 0 Å². The van der Waals surface area contributed by atoms with E-state index in [0.717, 1.165) is 13.0 Å². The van der Waals surface area contributed by atoms with E-state index in [9.17, 15) is 9.00 Å². The van der Waals surface area contributed by atoms with Gasteiger partial charge in [-0.2, -0.15) is 0 Å². The van der Waals surface area contributed by atoms with Crippen molar-refractivity contribution in [2.24, 2.45) is 0 Å². The molecule has 27 heavy (non-hydrogen) atoms. The molecule has 0 aliphatic carbocycles. The van der Waals surface area contributed by atoms with E-state index in [1.54, 1.807) is 36.4 Å². The fourth-order valence-electron chi connectivity index (χ4n) is 3.15. The Labute approximate surface area is 167 Å². The molecule has 2 heterocycles. The number of rotatable bonds is 8. The van der Waals surface area contributed by atoms with E-state index in [1.807, 2.05) is 0 Å². The Morgan fingerprint density at radius 2 is 1.85 bits per heavy atom. The number of likely N-dealkylation sites (tertiary alicyclic amines) is 1. The van der Waals surface area contributed by atoms with E-state index < -0.39 is 10.8 Å². The van der Waals surface area contributed by atoms with Crippen LogP contribution < -0.4 is 5.32 Å². The van der Waals surface area contributed by atoms with Crippen LogP contribution in [-0.2, 0) is 16.6 Å². The molecule has 0 radical (unpaired) electrons. The first-order valence-electron chi connectivity index (χ1n) is 9.35. The third kappa shape index (κ3) is 6.19. The standard InChI is InChI=1S/C20H25ClN2O3S/c21-16-5-8-18(9-6-16)27(25)15-17-7-10-19(26-17)20(24)22-11-4-14-23-12-2-1-3-13-23/h5-10H,1-4,11-15H2,(H,22,24)/t27-/m1/s1. The number of amides is 1. The predicted molar refractivity (Wildman–Crippen MR) is 108 cm³/mol. The molecule has 1 aliphatic rings. The van der Waals surface area contributed by atoms with Crippen LogP contribution in [0.2, 0.25) is 5.02 Å². The first-order chi connectivity index (χ1) is 13.1. The van der Waals surface area contributed by atoms with Crippen molar-refractivity contribution in [2.45, 2.75) is 36.3 Å². The summed E-state index contributed by atoms with van der Waals surface area (Å²) in [6.07, 6.45) is 4.81. The average molecular weight is 409 g/mol. The van der Waals surface area contributed by atoms with Crippen molar-refractivity contribution in [1.29, 1.82) is 0 Å². The molecule has 3 rings (SSSR count). The first kappa shape index (κ1) is 20.1. The van der Waals surface area contributed by atoms with Gasteiger partial charge in [0.1, 0.15) is 5.76 Å². The van der Waals surface area contributed by atoms with Crippen LogP contribution in [0.25, 0.3) is 0 Å². The van der Waals surface area contributed by atoms with Crippen molar-refractivity contribution in [3.8, 4) is 0 Å². The van der Waals surface area contributed by atoms with Crippen LogP contribution in [-0.4, -0.2) is 41.2 Å². The number of carbonyl (C=O) groups is 1. The van der Waals surface area contributed by atoms with Crippen molar-refractivity contribution in [3.05, 3.63) is 52.9 Å². The lowest BCUT2D eigenvalue weighted by molar-refractivity contribution is 0.0922. The minimum Gasteiger partial charge on any atom is -0.455 e. The summed E-state index contributed by atoms with van der Waals surface area (Å²) < 4.78 is 17.9. The number of benzene rings is 1. The molecule has 0 spiro atoms. The molecular weight excluding hydrogens is 384 g/mol. The quantitative estimate of drug-likeness (QED) is 0.674. The summed E-state index contributed by atoms with van der Waals surface area (Å²) in [7, 11) is -1.24. The number of furan rings is 1. The number of carbonyl (C=O) groups excluding carboxylic acids is 1. The maximum absolute atomic E-state index is 12.4. The Kier molecular flexibility index (Phi) is 7.50. The molecule has 1 fully saturated rings. The van der Waals surface area contributed by atoms with Gasteiger partial charge in [0, 0.05) is 16.5 Å². The summed E-state index contributed by atoms with van der Waals surface area (Å²) in [5.41, 5.74) is 0. The Bertz CT molecular complexity index is 770. The first-order valence-corrected chi connectivity index (χ1v) is 11.0. The van der Waals surface area contributed by atoms with Gasteiger partial charge in [0.15, 0.2) is 5.76 Å². The normalized spacial score (nSPS) is 16.2. The Morgan fingerprint density at radius 3 is 2.59 bits per heavy atom. The number of hydrogen-bond acceptors (Lipinski definition) is 4. The number of piperidine rings is 1. The monoisotopic (exact) mass is 408 g/mol. The van der Waals surface area contributed by atoms with Gasteiger partial charge in [-0.05, 0) is 75.3 Å². The largest absolute Gasteiger partial charge is 0.455 e. The van der Waals surface area contributed by atoms with E-state index >= 15 is 0 Å². The molecule has 0 unspecified atom stereocenters. The molecule has 2 aromatic rings. The van der Waals surface area contributed by atoms with Crippen LogP contribution in [0.4, 0.5) is 0 Å². The maximum Gasteiger partial charge on any atom is 0.286 e. The van der Waals surface area contributed by atoms with Gasteiger partial charge in [-0.3, -0.25) is 9.00 Å². The third-order valence-corrected chi connectivity index (χ3v) is 6.22. The van der Waals surface area contributed by atoms with Gasteiger partial charge in [0.25, 0.3) is 5.91 Å². The summed E-state index contributed by atoms with van der Waals surface area (Å²) in [6, 6.07) is 10.2. The van der Waals surface area contributed by atoms with Crippen LogP contribution in [0.5, 0.6) is 0 Å². The summed E-state index contributed by atoms with van der Waals surface area (Å²) in [6.45, 7) is 3.98. The molecule has 1 aromatic heterocycles. The lowest BCUT2D eigenvalue weighted by Crippen LogP contribution is -2.33. The van der Waals surface area contributed by atoms with E-state index in [1.165, 1.54) is 32.4 Å². The van der Waals surface area contributed by atoms with Crippen molar-refractivity contribution < 1.29 is 13.4 Å². The van der Waals surface area contributed by atoms with Crippen LogP contribution in [0.1, 0.15) is 42.0 Å². The smallest absolute Gasteiger partial charge is 0.286 e. The van der Waals surface area contributed by atoms with Gasteiger partial charge in [0.2, 0.25) is 0 Å². The van der Waals surface area contributed by atoms with Crippen molar-refractivity contribution in [2.75, 3.05) is 26.2 Å². The summed E-state index contributed by atoms with van der Waals surface area (Å²) in [5.74, 6) is 0.791. The van der Waals surface area contributed by atoms with Gasteiger partial charge in [-0.1, -0.05) is 18.0 Å². The molecule has 1 atom stereocenters. The van der Waals surface area contributed by atoms with Crippen molar-refractivity contribution in [1.82, 2.24) is 10.2 Å². The molecular formula is C20H25ClN2O3S. The van der Waals surface area contributed by atoms with E-state index in [-0.39, 0.29) is 17.4 Å². The second kappa shape index (κ2) is 10.1. The highest BCUT2D eigenvalue weighted by Crippen LogP contribution is 2.17. The van der Waals surface area contributed by atoms with Crippen LogP contribution in [0, 0.1) is 0 Å². The van der Waals surface area contributed by atoms with Gasteiger partial charge in [-0.15, -0.1) is 0 Å². The Balaban J connectivity index is 1.43. The second-order valence-electron chi connectivity index (χ2n) is 6.72. The molecule has 1 aromatic carbocycles. The minimum absolute atomic E-state index is 0.225. The summed E-state index contributed by atoms with van der Waals surface area (Å²) in [4.78, 5) is 15.3. The minimum atomic E-state index is -1.24. The predicted octanol–water partition coefficient (Wildman–Crippen LogP) is 3.85. The molecule has 146 valence electrons. The lowest BCUT2D eigenvalue weighted by Gasteiger charge is -2.26. The molecule has 1 saturated heterocycles. The zero-order valence-corrected chi connectivity index (χ0v) is 16.9. The Morgan fingerprint density at radius 1 is 1.11 bits per heavy atom. The topological polar surface area (TPSA) is 62.6 Å². The van der Waals surface area contributed by atoms with Gasteiger partial charge < -0.3 is 14.6 Å².